The minimum absolute atomic E-state index is 0.00576. The van der Waals surface area contributed by atoms with Crippen LogP contribution in [0.5, 0.6) is 0 Å². The van der Waals surface area contributed by atoms with Crippen LogP contribution in [0.2, 0.25) is 0 Å². The summed E-state index contributed by atoms with van der Waals surface area (Å²) in [6, 6.07) is 0. The minimum atomic E-state index is -0.362. The summed E-state index contributed by atoms with van der Waals surface area (Å²) in [4.78, 5) is 11.7. The molecule has 1 aliphatic heterocycles. The highest BCUT2D eigenvalue weighted by atomic mass is 16.5. The molecule has 4 heteroatoms. The van der Waals surface area contributed by atoms with Crippen molar-refractivity contribution in [2.24, 2.45) is 5.92 Å². The van der Waals surface area contributed by atoms with Crippen molar-refractivity contribution < 1.29 is 9.53 Å². The molecule has 1 fully saturated rings. The van der Waals surface area contributed by atoms with Crippen LogP contribution in [0.3, 0.4) is 0 Å². The second-order valence-corrected chi connectivity index (χ2v) is 5.29. The van der Waals surface area contributed by atoms with Gasteiger partial charge in [0.15, 0.2) is 0 Å². The summed E-state index contributed by atoms with van der Waals surface area (Å²) >= 11 is 0. The van der Waals surface area contributed by atoms with Crippen molar-refractivity contribution in [3.05, 3.63) is 0 Å². The zero-order chi connectivity index (χ0) is 12.2. The number of hydrogen-bond acceptors (Lipinski definition) is 3. The molecule has 94 valence electrons. The van der Waals surface area contributed by atoms with Crippen LogP contribution in [0, 0.1) is 5.92 Å². The van der Waals surface area contributed by atoms with Gasteiger partial charge < -0.3 is 15.4 Å². The standard InChI is InChI=1S/C12H24N2O2/c1-9(2)5-6-14-11(15)10(3)16-12(4)7-13-8-12/h9-10,13H,5-8H2,1-4H3,(H,14,15). The van der Waals surface area contributed by atoms with E-state index in [1.54, 1.807) is 0 Å². The highest BCUT2D eigenvalue weighted by Crippen LogP contribution is 2.17. The van der Waals surface area contributed by atoms with Crippen LogP contribution in [0.4, 0.5) is 0 Å². The number of carbonyl (C=O) groups is 1. The highest BCUT2D eigenvalue weighted by Gasteiger charge is 2.35. The molecule has 1 saturated heterocycles. The first-order valence-electron chi connectivity index (χ1n) is 6.09. The Balaban J connectivity index is 2.20. The molecule has 2 N–H and O–H groups in total. The molecule has 0 radical (unpaired) electrons. The van der Waals surface area contributed by atoms with E-state index in [0.717, 1.165) is 26.1 Å². The Labute approximate surface area is 98.1 Å². The first-order valence-corrected chi connectivity index (χ1v) is 6.09. The van der Waals surface area contributed by atoms with Crippen LogP contribution < -0.4 is 10.6 Å². The number of nitrogens with one attached hydrogen (secondary N) is 2. The second-order valence-electron chi connectivity index (χ2n) is 5.29. The molecule has 1 heterocycles. The van der Waals surface area contributed by atoms with E-state index in [9.17, 15) is 4.79 Å². The van der Waals surface area contributed by atoms with Crippen LogP contribution in [-0.2, 0) is 9.53 Å². The fourth-order valence-corrected chi connectivity index (χ4v) is 1.67. The van der Waals surface area contributed by atoms with Crippen LogP contribution in [0.25, 0.3) is 0 Å². The summed E-state index contributed by atoms with van der Waals surface area (Å²) in [6.45, 7) is 10.5. The first-order chi connectivity index (χ1) is 7.43. The van der Waals surface area contributed by atoms with E-state index in [4.69, 9.17) is 4.74 Å². The van der Waals surface area contributed by atoms with Gasteiger partial charge in [-0.05, 0) is 26.2 Å². The summed E-state index contributed by atoms with van der Waals surface area (Å²) in [5.74, 6) is 0.610. The van der Waals surface area contributed by atoms with Crippen molar-refractivity contribution in [1.82, 2.24) is 10.6 Å². The molecule has 1 unspecified atom stereocenters. The third-order valence-corrected chi connectivity index (χ3v) is 2.85. The molecule has 1 amide bonds. The lowest BCUT2D eigenvalue weighted by Crippen LogP contribution is -2.61. The molecule has 16 heavy (non-hydrogen) atoms. The van der Waals surface area contributed by atoms with Crippen molar-refractivity contribution in [2.75, 3.05) is 19.6 Å². The number of carbonyl (C=O) groups excluding carboxylic acids is 1. The van der Waals surface area contributed by atoms with Crippen molar-refractivity contribution in [3.8, 4) is 0 Å². The molecule has 0 saturated carbocycles. The Morgan fingerprint density at radius 2 is 2.06 bits per heavy atom. The summed E-state index contributed by atoms with van der Waals surface area (Å²) in [5.41, 5.74) is -0.158. The molecular weight excluding hydrogens is 204 g/mol. The quantitative estimate of drug-likeness (QED) is 0.710. The van der Waals surface area contributed by atoms with Crippen molar-refractivity contribution in [1.29, 1.82) is 0 Å². The van der Waals surface area contributed by atoms with Crippen LogP contribution >= 0.6 is 0 Å². The van der Waals surface area contributed by atoms with Crippen LogP contribution in [0.1, 0.15) is 34.1 Å². The van der Waals surface area contributed by atoms with Crippen molar-refractivity contribution in [2.45, 2.75) is 45.8 Å². The van der Waals surface area contributed by atoms with Gasteiger partial charge in [-0.25, -0.2) is 0 Å². The Bertz CT molecular complexity index is 237. The second kappa shape index (κ2) is 5.64. The average molecular weight is 228 g/mol. The minimum Gasteiger partial charge on any atom is -0.360 e. The van der Waals surface area contributed by atoms with Gasteiger partial charge in [0.25, 0.3) is 0 Å². The number of rotatable bonds is 6. The maximum atomic E-state index is 11.7. The van der Waals surface area contributed by atoms with Crippen LogP contribution in [-0.4, -0.2) is 37.2 Å². The number of hydrogen-bond donors (Lipinski definition) is 2. The molecule has 0 aromatic carbocycles. The molecule has 0 bridgehead atoms. The summed E-state index contributed by atoms with van der Waals surface area (Å²) in [7, 11) is 0. The van der Waals surface area contributed by atoms with E-state index in [1.807, 2.05) is 13.8 Å². The fourth-order valence-electron chi connectivity index (χ4n) is 1.67. The van der Waals surface area contributed by atoms with Gasteiger partial charge in [0.1, 0.15) is 6.10 Å². The van der Waals surface area contributed by atoms with E-state index < -0.39 is 0 Å². The van der Waals surface area contributed by atoms with Crippen molar-refractivity contribution in [3.63, 3.8) is 0 Å². The zero-order valence-corrected chi connectivity index (χ0v) is 10.8. The van der Waals surface area contributed by atoms with Crippen molar-refractivity contribution >= 4 is 5.91 Å². The lowest BCUT2D eigenvalue weighted by Gasteiger charge is -2.40. The first kappa shape index (κ1) is 13.5. The predicted molar refractivity (Wildman–Crippen MR) is 64.3 cm³/mol. The third-order valence-electron chi connectivity index (χ3n) is 2.85. The molecule has 4 nitrogen and oxygen atoms in total. The summed E-state index contributed by atoms with van der Waals surface area (Å²) < 4.78 is 5.72. The van der Waals surface area contributed by atoms with Gasteiger partial charge in [0.2, 0.25) is 5.91 Å². The number of ether oxygens (including phenoxy) is 1. The highest BCUT2D eigenvalue weighted by molar-refractivity contribution is 5.80. The van der Waals surface area contributed by atoms with Gasteiger partial charge >= 0.3 is 0 Å². The van der Waals surface area contributed by atoms with E-state index in [2.05, 4.69) is 24.5 Å². The van der Waals surface area contributed by atoms with Gasteiger partial charge in [-0.3, -0.25) is 4.79 Å². The van der Waals surface area contributed by atoms with Gasteiger partial charge in [0, 0.05) is 19.6 Å². The van der Waals surface area contributed by atoms with Crippen LogP contribution in [0.15, 0.2) is 0 Å². The fraction of sp³-hybridized carbons (Fsp3) is 0.917. The summed E-state index contributed by atoms with van der Waals surface area (Å²) in [6.07, 6.45) is 0.649. The maximum absolute atomic E-state index is 11.7. The Hall–Kier alpha value is -0.610. The smallest absolute Gasteiger partial charge is 0.248 e. The van der Waals surface area contributed by atoms with E-state index in [-0.39, 0.29) is 17.6 Å². The van der Waals surface area contributed by atoms with Gasteiger partial charge in [-0.1, -0.05) is 13.8 Å². The van der Waals surface area contributed by atoms with E-state index in [1.165, 1.54) is 0 Å². The molecule has 1 aliphatic rings. The van der Waals surface area contributed by atoms with Gasteiger partial charge in [-0.15, -0.1) is 0 Å². The van der Waals surface area contributed by atoms with E-state index in [0.29, 0.717) is 5.92 Å². The van der Waals surface area contributed by atoms with Gasteiger partial charge in [0.05, 0.1) is 5.60 Å². The normalized spacial score (nSPS) is 20.3. The van der Waals surface area contributed by atoms with E-state index >= 15 is 0 Å². The molecular formula is C12H24N2O2. The lowest BCUT2D eigenvalue weighted by molar-refractivity contribution is -0.149. The molecule has 0 aromatic heterocycles. The number of amides is 1. The SMILES string of the molecule is CC(C)CCNC(=O)C(C)OC1(C)CNC1. The molecule has 1 rings (SSSR count). The monoisotopic (exact) mass is 228 g/mol. The average Bonchev–Trinajstić information content (AvgIpc) is 2.14. The molecule has 0 aliphatic carbocycles. The lowest BCUT2D eigenvalue weighted by atomic mass is 10.00. The molecule has 1 atom stereocenters. The third kappa shape index (κ3) is 4.10. The Morgan fingerprint density at radius 3 is 2.50 bits per heavy atom. The predicted octanol–water partition coefficient (Wildman–Crippen LogP) is 0.916. The Kier molecular flexibility index (Phi) is 4.74. The molecule has 0 spiro atoms. The summed E-state index contributed by atoms with van der Waals surface area (Å²) in [5, 5.41) is 6.05. The largest absolute Gasteiger partial charge is 0.360 e. The Morgan fingerprint density at radius 1 is 1.44 bits per heavy atom. The molecule has 0 aromatic rings. The topological polar surface area (TPSA) is 50.4 Å². The van der Waals surface area contributed by atoms with Gasteiger partial charge in [-0.2, -0.15) is 0 Å². The maximum Gasteiger partial charge on any atom is 0.248 e. The zero-order valence-electron chi connectivity index (χ0n) is 10.8.